The molecule has 0 unspecified atom stereocenters. The molecule has 0 spiro atoms. The van der Waals surface area contributed by atoms with Crippen molar-refractivity contribution in [2.24, 2.45) is 0 Å². The van der Waals surface area contributed by atoms with Crippen molar-refractivity contribution in [2.75, 3.05) is 11.6 Å². The molecule has 0 saturated heterocycles. The number of ether oxygens (including phenoxy) is 1. The zero-order valence-corrected chi connectivity index (χ0v) is 13.7. The van der Waals surface area contributed by atoms with Crippen LogP contribution in [-0.4, -0.2) is 26.6 Å². The van der Waals surface area contributed by atoms with Gasteiger partial charge in [0.15, 0.2) is 9.84 Å². The molecular formula is C17H15NO5S. The van der Waals surface area contributed by atoms with Crippen molar-refractivity contribution in [3.63, 3.8) is 0 Å². The van der Waals surface area contributed by atoms with Crippen LogP contribution in [0, 0.1) is 0 Å². The Morgan fingerprint density at radius 2 is 1.79 bits per heavy atom. The van der Waals surface area contributed by atoms with Gasteiger partial charge in [0.2, 0.25) is 5.91 Å². The van der Waals surface area contributed by atoms with E-state index >= 15 is 0 Å². The van der Waals surface area contributed by atoms with Crippen LogP contribution in [0.5, 0.6) is 0 Å². The Morgan fingerprint density at radius 3 is 2.46 bits per heavy atom. The first-order valence-electron chi connectivity index (χ1n) is 7.24. The lowest BCUT2D eigenvalue weighted by Crippen LogP contribution is -2.15. The summed E-state index contributed by atoms with van der Waals surface area (Å²) < 4.78 is 28.0. The van der Waals surface area contributed by atoms with Gasteiger partial charge in [-0.05, 0) is 30.3 Å². The van der Waals surface area contributed by atoms with Crippen LogP contribution < -0.4 is 5.32 Å². The Hall–Kier alpha value is -2.67. The normalized spacial score (nSPS) is 16.4. The average molecular weight is 345 g/mol. The predicted octanol–water partition coefficient (Wildman–Crippen LogP) is 2.33. The van der Waals surface area contributed by atoms with E-state index in [0.717, 1.165) is 6.26 Å². The van der Waals surface area contributed by atoms with Crippen molar-refractivity contribution in [1.29, 1.82) is 0 Å². The molecule has 0 aromatic heterocycles. The SMILES string of the molecule is CS(=O)(=O)c1ccc(NC(=O)C[C@@H]2OC(=O)c3ccccc32)cc1. The van der Waals surface area contributed by atoms with Gasteiger partial charge in [-0.2, -0.15) is 0 Å². The fraction of sp³-hybridized carbons (Fsp3) is 0.176. The quantitative estimate of drug-likeness (QED) is 0.859. The van der Waals surface area contributed by atoms with E-state index in [2.05, 4.69) is 5.32 Å². The number of fused-ring (bicyclic) bond motifs is 1. The molecule has 6 nitrogen and oxygen atoms in total. The van der Waals surface area contributed by atoms with E-state index in [1.165, 1.54) is 24.3 Å². The Balaban J connectivity index is 1.68. The number of sulfone groups is 1. The molecule has 7 heteroatoms. The van der Waals surface area contributed by atoms with Crippen LogP contribution in [0.25, 0.3) is 0 Å². The van der Waals surface area contributed by atoms with Gasteiger partial charge >= 0.3 is 5.97 Å². The third kappa shape index (κ3) is 3.30. The Kier molecular flexibility index (Phi) is 4.11. The molecule has 124 valence electrons. The van der Waals surface area contributed by atoms with E-state index in [1.807, 2.05) is 0 Å². The van der Waals surface area contributed by atoms with Gasteiger partial charge in [-0.15, -0.1) is 0 Å². The first-order valence-corrected chi connectivity index (χ1v) is 9.13. The monoisotopic (exact) mass is 345 g/mol. The summed E-state index contributed by atoms with van der Waals surface area (Å²) in [5, 5.41) is 2.67. The number of amides is 1. The second-order valence-electron chi connectivity index (χ2n) is 5.53. The number of carbonyl (C=O) groups is 2. The van der Waals surface area contributed by atoms with Crippen LogP contribution >= 0.6 is 0 Å². The summed E-state index contributed by atoms with van der Waals surface area (Å²) in [5.41, 5.74) is 1.66. The van der Waals surface area contributed by atoms with Crippen LogP contribution in [0.3, 0.4) is 0 Å². The van der Waals surface area contributed by atoms with E-state index in [9.17, 15) is 18.0 Å². The summed E-state index contributed by atoms with van der Waals surface area (Å²) in [6, 6.07) is 12.8. The van der Waals surface area contributed by atoms with Gasteiger partial charge in [0, 0.05) is 17.5 Å². The molecule has 1 aliphatic rings. The molecule has 1 amide bonds. The smallest absolute Gasteiger partial charge is 0.339 e. The largest absolute Gasteiger partial charge is 0.453 e. The topological polar surface area (TPSA) is 89.5 Å². The van der Waals surface area contributed by atoms with E-state index in [-0.39, 0.29) is 17.2 Å². The first kappa shape index (κ1) is 16.2. The highest BCUT2D eigenvalue weighted by Gasteiger charge is 2.31. The van der Waals surface area contributed by atoms with Gasteiger partial charge < -0.3 is 10.1 Å². The molecule has 1 N–H and O–H groups in total. The number of anilines is 1. The van der Waals surface area contributed by atoms with Crippen molar-refractivity contribution >= 4 is 27.4 Å². The second-order valence-corrected chi connectivity index (χ2v) is 7.55. The van der Waals surface area contributed by atoms with Gasteiger partial charge in [0.05, 0.1) is 16.9 Å². The molecule has 0 fully saturated rings. The predicted molar refractivity (Wildman–Crippen MR) is 87.4 cm³/mol. The summed E-state index contributed by atoms with van der Waals surface area (Å²) in [7, 11) is -3.28. The summed E-state index contributed by atoms with van der Waals surface area (Å²) >= 11 is 0. The zero-order chi connectivity index (χ0) is 17.3. The summed E-state index contributed by atoms with van der Waals surface area (Å²) in [4.78, 5) is 24.1. The van der Waals surface area contributed by atoms with Crippen LogP contribution in [0.4, 0.5) is 5.69 Å². The van der Waals surface area contributed by atoms with Crippen molar-refractivity contribution in [1.82, 2.24) is 0 Å². The minimum atomic E-state index is -3.28. The lowest BCUT2D eigenvalue weighted by atomic mass is 10.0. The van der Waals surface area contributed by atoms with Gasteiger partial charge in [-0.3, -0.25) is 4.79 Å². The standard InChI is InChI=1S/C17H15NO5S/c1-24(21,22)12-8-6-11(7-9-12)18-16(19)10-15-13-4-2-3-5-14(13)17(20)23-15/h2-9,15H,10H2,1H3,(H,18,19)/t15-/m0/s1. The van der Waals surface area contributed by atoms with Crippen molar-refractivity contribution in [2.45, 2.75) is 17.4 Å². The molecule has 0 aliphatic carbocycles. The van der Waals surface area contributed by atoms with Gasteiger partial charge in [-0.1, -0.05) is 18.2 Å². The number of esters is 1. The maximum Gasteiger partial charge on any atom is 0.339 e. The number of carbonyl (C=O) groups excluding carboxylic acids is 2. The van der Waals surface area contributed by atoms with Crippen LogP contribution in [-0.2, 0) is 19.4 Å². The van der Waals surface area contributed by atoms with Crippen LogP contribution in [0.15, 0.2) is 53.4 Å². The fourth-order valence-electron chi connectivity index (χ4n) is 2.54. The molecule has 0 saturated carbocycles. The highest BCUT2D eigenvalue weighted by atomic mass is 32.2. The minimum absolute atomic E-state index is 0.00339. The van der Waals surface area contributed by atoms with E-state index in [4.69, 9.17) is 4.74 Å². The Morgan fingerprint density at radius 1 is 1.12 bits per heavy atom. The summed E-state index contributed by atoms with van der Waals surface area (Å²) in [5.74, 6) is -0.752. The highest BCUT2D eigenvalue weighted by Crippen LogP contribution is 2.32. The molecule has 2 aromatic rings. The molecule has 1 aliphatic heterocycles. The molecule has 0 bridgehead atoms. The molecule has 24 heavy (non-hydrogen) atoms. The van der Waals surface area contributed by atoms with Gasteiger partial charge in [-0.25, -0.2) is 13.2 Å². The van der Waals surface area contributed by atoms with Crippen molar-refractivity contribution in [3.8, 4) is 0 Å². The third-order valence-corrected chi connectivity index (χ3v) is 4.84. The maximum atomic E-state index is 12.1. The Bertz CT molecular complexity index is 903. The number of benzene rings is 2. The van der Waals surface area contributed by atoms with Crippen LogP contribution in [0.2, 0.25) is 0 Å². The number of cyclic esters (lactones) is 1. The lowest BCUT2D eigenvalue weighted by molar-refractivity contribution is -0.118. The third-order valence-electron chi connectivity index (χ3n) is 3.71. The van der Waals surface area contributed by atoms with Gasteiger partial charge in [0.1, 0.15) is 6.10 Å². The lowest BCUT2D eigenvalue weighted by Gasteiger charge is -2.11. The van der Waals surface area contributed by atoms with E-state index < -0.39 is 21.9 Å². The fourth-order valence-corrected chi connectivity index (χ4v) is 3.17. The molecule has 1 atom stereocenters. The zero-order valence-electron chi connectivity index (χ0n) is 12.9. The number of hydrogen-bond donors (Lipinski definition) is 1. The van der Waals surface area contributed by atoms with Crippen molar-refractivity contribution in [3.05, 3.63) is 59.7 Å². The maximum absolute atomic E-state index is 12.1. The molecule has 3 rings (SSSR count). The van der Waals surface area contributed by atoms with Crippen LogP contribution in [0.1, 0.15) is 28.4 Å². The Labute approximate surface area is 139 Å². The minimum Gasteiger partial charge on any atom is -0.453 e. The summed E-state index contributed by atoms with van der Waals surface area (Å²) in [6.07, 6.45) is 0.507. The number of nitrogens with one attached hydrogen (secondary N) is 1. The molecule has 2 aromatic carbocycles. The second kappa shape index (κ2) is 6.09. The number of hydrogen-bond acceptors (Lipinski definition) is 5. The van der Waals surface area contributed by atoms with Gasteiger partial charge in [0.25, 0.3) is 0 Å². The molecular weight excluding hydrogens is 330 g/mol. The van der Waals surface area contributed by atoms with E-state index in [1.54, 1.807) is 24.3 Å². The van der Waals surface area contributed by atoms with Crippen molar-refractivity contribution < 1.29 is 22.7 Å². The van der Waals surface area contributed by atoms with E-state index in [0.29, 0.717) is 16.8 Å². The molecule has 1 heterocycles. The molecule has 0 radical (unpaired) electrons. The summed E-state index contributed by atoms with van der Waals surface area (Å²) in [6.45, 7) is 0. The first-order chi connectivity index (χ1) is 11.3. The highest BCUT2D eigenvalue weighted by molar-refractivity contribution is 7.90. The average Bonchev–Trinajstić information content (AvgIpc) is 2.83. The number of rotatable bonds is 4.